The Morgan fingerprint density at radius 2 is 2.03 bits per heavy atom. The SMILES string of the molecule is CNCCCC(C)c1ccc(-c2c3c4c(cc(F)cc4n2C)C(=O)NOC3)cc1. The molecule has 6 heteroatoms. The number of nitrogens with one attached hydrogen (secondary N) is 2. The van der Waals surface area contributed by atoms with Gasteiger partial charge >= 0.3 is 0 Å². The Balaban J connectivity index is 1.76. The second-order valence-electron chi connectivity index (χ2n) is 7.72. The number of rotatable bonds is 6. The van der Waals surface area contributed by atoms with Crippen LogP contribution < -0.4 is 10.8 Å². The number of hydroxylamine groups is 1. The summed E-state index contributed by atoms with van der Waals surface area (Å²) in [5.74, 6) is -0.373. The van der Waals surface area contributed by atoms with Crippen molar-refractivity contribution in [1.82, 2.24) is 15.4 Å². The van der Waals surface area contributed by atoms with Gasteiger partial charge in [0, 0.05) is 18.0 Å². The molecule has 2 aromatic carbocycles. The van der Waals surface area contributed by atoms with Crippen LogP contribution in [0.15, 0.2) is 36.4 Å². The topological polar surface area (TPSA) is 55.3 Å². The van der Waals surface area contributed by atoms with Crippen molar-refractivity contribution in [2.24, 2.45) is 7.05 Å². The van der Waals surface area contributed by atoms with E-state index in [4.69, 9.17) is 4.84 Å². The Bertz CT molecular complexity index is 1060. The number of aryl methyl sites for hydroxylation is 1. The van der Waals surface area contributed by atoms with Gasteiger partial charge in [-0.15, -0.1) is 0 Å². The smallest absolute Gasteiger partial charge is 0.275 e. The van der Waals surface area contributed by atoms with Gasteiger partial charge in [0.05, 0.1) is 16.8 Å². The lowest BCUT2D eigenvalue weighted by molar-refractivity contribution is 0.0255. The molecule has 2 heterocycles. The largest absolute Gasteiger partial charge is 0.343 e. The summed E-state index contributed by atoms with van der Waals surface area (Å²) in [6.07, 6.45) is 2.27. The molecule has 5 nitrogen and oxygen atoms in total. The summed E-state index contributed by atoms with van der Waals surface area (Å²) in [4.78, 5) is 17.7. The zero-order chi connectivity index (χ0) is 20.5. The van der Waals surface area contributed by atoms with Crippen molar-refractivity contribution < 1.29 is 14.0 Å². The van der Waals surface area contributed by atoms with Gasteiger partial charge in [0.2, 0.25) is 0 Å². The first-order chi connectivity index (χ1) is 14.0. The van der Waals surface area contributed by atoms with Gasteiger partial charge < -0.3 is 9.88 Å². The second kappa shape index (κ2) is 7.97. The van der Waals surface area contributed by atoms with Gasteiger partial charge in [0.25, 0.3) is 5.91 Å². The van der Waals surface area contributed by atoms with Gasteiger partial charge in [-0.05, 0) is 55.6 Å². The summed E-state index contributed by atoms with van der Waals surface area (Å²) < 4.78 is 16.1. The van der Waals surface area contributed by atoms with Crippen molar-refractivity contribution in [3.05, 3.63) is 58.9 Å². The van der Waals surface area contributed by atoms with Gasteiger partial charge in [0.15, 0.2) is 0 Å². The van der Waals surface area contributed by atoms with E-state index in [1.807, 2.05) is 18.7 Å². The maximum Gasteiger partial charge on any atom is 0.275 e. The van der Waals surface area contributed by atoms with E-state index in [9.17, 15) is 9.18 Å². The van der Waals surface area contributed by atoms with Crippen LogP contribution in [0.4, 0.5) is 4.39 Å². The van der Waals surface area contributed by atoms with Crippen LogP contribution in [0.2, 0.25) is 0 Å². The van der Waals surface area contributed by atoms with Crippen LogP contribution >= 0.6 is 0 Å². The third kappa shape index (κ3) is 3.54. The Labute approximate surface area is 169 Å². The molecule has 2 N–H and O–H groups in total. The Morgan fingerprint density at radius 3 is 2.76 bits per heavy atom. The van der Waals surface area contributed by atoms with Crippen LogP contribution in [-0.2, 0) is 18.5 Å². The minimum atomic E-state index is -0.436. The van der Waals surface area contributed by atoms with Gasteiger partial charge in [0.1, 0.15) is 12.4 Å². The highest BCUT2D eigenvalue weighted by molar-refractivity contribution is 6.09. The van der Waals surface area contributed by atoms with E-state index >= 15 is 0 Å². The molecular formula is C23H26FN3O2. The number of aromatic nitrogens is 1. The van der Waals surface area contributed by atoms with Crippen molar-refractivity contribution in [3.63, 3.8) is 0 Å². The molecule has 29 heavy (non-hydrogen) atoms. The summed E-state index contributed by atoms with van der Waals surface area (Å²) >= 11 is 0. The molecule has 0 spiro atoms. The first-order valence-electron chi connectivity index (χ1n) is 9.99. The fourth-order valence-corrected chi connectivity index (χ4v) is 4.25. The van der Waals surface area contributed by atoms with Gasteiger partial charge in [-0.1, -0.05) is 31.2 Å². The van der Waals surface area contributed by atoms with Crippen LogP contribution in [0.3, 0.4) is 0 Å². The molecule has 1 aromatic heterocycles. The van der Waals surface area contributed by atoms with Crippen LogP contribution in [0, 0.1) is 5.82 Å². The number of hydrogen-bond donors (Lipinski definition) is 2. The normalized spacial score (nSPS) is 14.7. The highest BCUT2D eigenvalue weighted by atomic mass is 19.1. The van der Waals surface area contributed by atoms with E-state index in [1.165, 1.54) is 17.7 Å². The first-order valence-corrected chi connectivity index (χ1v) is 9.99. The minimum absolute atomic E-state index is 0.235. The van der Waals surface area contributed by atoms with Crippen LogP contribution in [0.5, 0.6) is 0 Å². The van der Waals surface area contributed by atoms with Crippen molar-refractivity contribution in [2.45, 2.75) is 32.3 Å². The quantitative estimate of drug-likeness (QED) is 0.613. The number of halogens is 1. The van der Waals surface area contributed by atoms with Gasteiger partial charge in [-0.2, -0.15) is 0 Å². The molecule has 0 radical (unpaired) electrons. The fraction of sp³-hybridized carbons (Fsp3) is 0.348. The monoisotopic (exact) mass is 395 g/mol. The second-order valence-corrected chi connectivity index (χ2v) is 7.72. The van der Waals surface area contributed by atoms with Crippen molar-refractivity contribution in [1.29, 1.82) is 0 Å². The average molecular weight is 395 g/mol. The van der Waals surface area contributed by atoms with Crippen LogP contribution in [-0.4, -0.2) is 24.1 Å². The molecule has 1 amide bonds. The van der Waals surface area contributed by atoms with Crippen LogP contribution in [0.25, 0.3) is 22.2 Å². The third-order valence-corrected chi connectivity index (χ3v) is 5.81. The van der Waals surface area contributed by atoms with Gasteiger partial charge in [-0.3, -0.25) is 9.63 Å². The predicted octanol–water partition coefficient (Wildman–Crippen LogP) is 4.26. The molecule has 4 rings (SSSR count). The minimum Gasteiger partial charge on any atom is -0.343 e. The van der Waals surface area contributed by atoms with Crippen molar-refractivity contribution in [3.8, 4) is 11.3 Å². The summed E-state index contributed by atoms with van der Waals surface area (Å²) in [6, 6.07) is 11.3. The molecule has 0 bridgehead atoms. The number of carbonyl (C=O) groups is 1. The zero-order valence-corrected chi connectivity index (χ0v) is 17.0. The third-order valence-electron chi connectivity index (χ3n) is 5.81. The van der Waals surface area contributed by atoms with E-state index in [1.54, 1.807) is 0 Å². The number of amides is 1. The molecule has 1 atom stereocenters. The number of hydrogen-bond acceptors (Lipinski definition) is 3. The maximum absolute atomic E-state index is 14.2. The lowest BCUT2D eigenvalue weighted by atomic mass is 9.94. The predicted molar refractivity (Wildman–Crippen MR) is 112 cm³/mol. The van der Waals surface area contributed by atoms with E-state index in [0.717, 1.165) is 41.6 Å². The summed E-state index contributed by atoms with van der Waals surface area (Å²) in [7, 11) is 3.88. The Hall–Kier alpha value is -2.70. The van der Waals surface area contributed by atoms with E-state index in [0.29, 0.717) is 17.0 Å². The van der Waals surface area contributed by atoms with Crippen LogP contribution in [0.1, 0.15) is 47.2 Å². The average Bonchev–Trinajstić information content (AvgIpc) is 2.88. The summed E-state index contributed by atoms with van der Waals surface area (Å²) in [5.41, 5.74) is 7.55. The summed E-state index contributed by atoms with van der Waals surface area (Å²) in [6.45, 7) is 3.50. The zero-order valence-electron chi connectivity index (χ0n) is 17.0. The number of nitrogens with zero attached hydrogens (tertiary/aromatic N) is 1. The number of benzene rings is 2. The highest BCUT2D eigenvalue weighted by Gasteiger charge is 2.26. The molecule has 3 aromatic rings. The van der Waals surface area contributed by atoms with E-state index in [-0.39, 0.29) is 6.61 Å². The lowest BCUT2D eigenvalue weighted by Gasteiger charge is -2.14. The lowest BCUT2D eigenvalue weighted by Crippen LogP contribution is -2.21. The molecule has 0 aliphatic carbocycles. The number of carbonyl (C=O) groups excluding carboxylic acids is 1. The fourth-order valence-electron chi connectivity index (χ4n) is 4.25. The highest BCUT2D eigenvalue weighted by Crippen LogP contribution is 2.37. The van der Waals surface area contributed by atoms with Crippen molar-refractivity contribution >= 4 is 16.8 Å². The Morgan fingerprint density at radius 1 is 1.28 bits per heavy atom. The molecule has 0 fully saturated rings. The van der Waals surface area contributed by atoms with Crippen molar-refractivity contribution in [2.75, 3.05) is 13.6 Å². The first kappa shape index (κ1) is 19.6. The molecule has 0 saturated carbocycles. The standard InChI is InChI=1S/C23H26FN3O2/c1-14(5-4-10-25-2)15-6-8-16(9-7-15)22-19-13-29-26-23(28)18-11-17(24)12-20(21(18)19)27(22)3/h6-9,11-12,14,25H,4-5,10,13H2,1-3H3,(H,26,28). The summed E-state index contributed by atoms with van der Waals surface area (Å²) in [5, 5.41) is 3.94. The molecule has 1 unspecified atom stereocenters. The molecule has 0 saturated heterocycles. The molecule has 152 valence electrons. The Kier molecular flexibility index (Phi) is 5.39. The molecular weight excluding hydrogens is 369 g/mol. The molecule has 1 aliphatic heterocycles. The van der Waals surface area contributed by atoms with Gasteiger partial charge in [-0.25, -0.2) is 9.87 Å². The van der Waals surface area contributed by atoms with E-state index < -0.39 is 11.7 Å². The molecule has 1 aliphatic rings. The maximum atomic E-state index is 14.2. The van der Waals surface area contributed by atoms with E-state index in [2.05, 4.69) is 42.0 Å².